The second-order valence-electron chi connectivity index (χ2n) is 21.4. The summed E-state index contributed by atoms with van der Waals surface area (Å²) < 4.78 is 16.7. The Labute approximate surface area is 453 Å². The van der Waals surface area contributed by atoms with Gasteiger partial charge >= 0.3 is 5.97 Å². The van der Waals surface area contributed by atoms with Gasteiger partial charge in [0.25, 0.3) is 0 Å². The predicted molar refractivity (Wildman–Crippen MR) is 306 cm³/mol. The molecule has 11 nitrogen and oxygen atoms in total. The van der Waals surface area contributed by atoms with Gasteiger partial charge in [0.15, 0.2) is 6.29 Å². The van der Waals surface area contributed by atoms with E-state index < -0.39 is 49.5 Å². The minimum Gasteiger partial charge on any atom is -0.466 e. The number of allylic oxidation sites excluding steroid dienone is 7. The quantitative estimate of drug-likeness (QED) is 0.0195. The minimum absolute atomic E-state index is 0.0000627. The van der Waals surface area contributed by atoms with Crippen molar-refractivity contribution in [3.8, 4) is 0 Å². The van der Waals surface area contributed by atoms with Crippen molar-refractivity contribution in [3.63, 3.8) is 0 Å². The van der Waals surface area contributed by atoms with Crippen LogP contribution in [0.2, 0.25) is 0 Å². The minimum atomic E-state index is -1.58. The van der Waals surface area contributed by atoms with Crippen molar-refractivity contribution >= 4 is 11.9 Å². The van der Waals surface area contributed by atoms with Crippen LogP contribution >= 0.6 is 0 Å². The van der Waals surface area contributed by atoms with Crippen molar-refractivity contribution in [2.45, 2.75) is 320 Å². The third-order valence-electron chi connectivity index (χ3n) is 14.4. The molecule has 11 heteroatoms. The fraction of sp³-hybridized carbons (Fsp3) is 0.841. The Morgan fingerprint density at radius 2 is 0.905 bits per heavy atom. The molecule has 0 aromatic rings. The molecule has 1 rings (SSSR count). The summed E-state index contributed by atoms with van der Waals surface area (Å²) in [4.78, 5) is 25.0. The Bertz CT molecular complexity index is 1370. The first-order chi connectivity index (χ1) is 36.2. The number of hydrogen-bond acceptors (Lipinski definition) is 10. The highest BCUT2D eigenvalue weighted by atomic mass is 16.7. The molecule has 0 aromatic heterocycles. The lowest BCUT2D eigenvalue weighted by Gasteiger charge is -2.40. The smallest absolute Gasteiger partial charge is 0.305 e. The number of aliphatic hydroxyl groups is 5. The zero-order chi connectivity index (χ0) is 53.8. The van der Waals surface area contributed by atoms with E-state index in [0.717, 1.165) is 89.9 Å². The molecule has 432 valence electrons. The van der Waals surface area contributed by atoms with E-state index in [-0.39, 0.29) is 18.5 Å². The van der Waals surface area contributed by atoms with Gasteiger partial charge in [-0.1, -0.05) is 236 Å². The lowest BCUT2D eigenvalue weighted by atomic mass is 9.99. The first-order valence-corrected chi connectivity index (χ1v) is 30.9. The van der Waals surface area contributed by atoms with Gasteiger partial charge in [-0.2, -0.15) is 0 Å². The summed E-state index contributed by atoms with van der Waals surface area (Å²) in [6.45, 7) is 4.24. The van der Waals surface area contributed by atoms with Gasteiger partial charge in [0.2, 0.25) is 5.91 Å². The standard InChI is InChI=1S/C63H115NO10/c1-3-5-7-9-11-13-29-33-37-41-45-49-56(66)55(54-73-63-62(71)61(70)60(69)57(53-65)74-63)64-58(67)50-46-42-38-34-31-27-25-23-21-19-17-15-16-18-20-22-24-26-28-32-36-40-44-48-52-72-59(68)51-47-43-39-35-30-14-12-10-8-6-4-2/h7,9,17,19,29,33,45,49,55-57,60-63,65-66,69-71H,3-6,8,10-16,18,20-28,30-32,34-44,46-48,50-54H2,1-2H3,(H,64,67)/b9-7+,19-17-,33-29+,49-45+. The molecular formula is C63H115NO10. The number of aliphatic hydroxyl groups excluding tert-OH is 5. The Balaban J connectivity index is 2.04. The first kappa shape index (κ1) is 69.6. The zero-order valence-electron chi connectivity index (χ0n) is 47.6. The Kier molecular flexibility index (Phi) is 49.6. The zero-order valence-corrected chi connectivity index (χ0v) is 47.6. The second-order valence-corrected chi connectivity index (χ2v) is 21.4. The van der Waals surface area contributed by atoms with Crippen LogP contribution in [-0.2, 0) is 23.8 Å². The van der Waals surface area contributed by atoms with Crippen LogP contribution in [-0.4, -0.2) is 100 Å². The Hall–Kier alpha value is -2.38. The molecule has 1 amide bonds. The molecule has 1 fully saturated rings. The summed E-state index contributed by atoms with van der Waals surface area (Å²) in [6.07, 6.45) is 56.5. The normalized spacial score (nSPS) is 19.1. The number of carbonyl (C=O) groups is 2. The van der Waals surface area contributed by atoms with Crippen molar-refractivity contribution in [1.82, 2.24) is 5.32 Å². The Morgan fingerprint density at radius 1 is 0.486 bits per heavy atom. The molecular weight excluding hydrogens is 931 g/mol. The highest BCUT2D eigenvalue weighted by Crippen LogP contribution is 2.23. The van der Waals surface area contributed by atoms with Crippen molar-refractivity contribution in [1.29, 1.82) is 0 Å². The summed E-state index contributed by atoms with van der Waals surface area (Å²) in [5, 5.41) is 54.3. The van der Waals surface area contributed by atoms with E-state index in [4.69, 9.17) is 14.2 Å². The molecule has 7 atom stereocenters. The number of nitrogens with one attached hydrogen (secondary N) is 1. The summed E-state index contributed by atoms with van der Waals surface area (Å²) in [6, 6.07) is -0.837. The van der Waals surface area contributed by atoms with E-state index in [0.29, 0.717) is 19.4 Å². The summed E-state index contributed by atoms with van der Waals surface area (Å²) in [5.74, 6) is -0.203. The van der Waals surface area contributed by atoms with E-state index in [2.05, 4.69) is 55.6 Å². The van der Waals surface area contributed by atoms with Gasteiger partial charge in [-0.3, -0.25) is 9.59 Å². The van der Waals surface area contributed by atoms with Crippen molar-refractivity contribution in [2.24, 2.45) is 0 Å². The SMILES string of the molecule is CCC/C=C/CC/C=C/CC/C=C/C(O)C(COC1OC(CO)C(O)C(O)C1O)NC(=O)CCCCCCCCCC/C=C\CCCCCCCCCCCCCCOC(=O)CCCCCCCCCCCCC. The molecule has 6 N–H and O–H groups in total. The van der Waals surface area contributed by atoms with Crippen LogP contribution in [0.25, 0.3) is 0 Å². The Morgan fingerprint density at radius 3 is 1.39 bits per heavy atom. The number of carbonyl (C=O) groups excluding carboxylic acids is 2. The van der Waals surface area contributed by atoms with E-state index in [9.17, 15) is 35.1 Å². The molecule has 0 bridgehead atoms. The van der Waals surface area contributed by atoms with E-state index >= 15 is 0 Å². The van der Waals surface area contributed by atoms with Crippen LogP contribution < -0.4 is 5.32 Å². The highest BCUT2D eigenvalue weighted by molar-refractivity contribution is 5.76. The summed E-state index contributed by atoms with van der Waals surface area (Å²) in [5.41, 5.74) is 0. The molecule has 0 aliphatic carbocycles. The number of rotatable bonds is 53. The average molecular weight is 1050 g/mol. The van der Waals surface area contributed by atoms with Crippen LogP contribution in [0.4, 0.5) is 0 Å². The van der Waals surface area contributed by atoms with Crippen LogP contribution in [0, 0.1) is 0 Å². The topological polar surface area (TPSA) is 175 Å². The average Bonchev–Trinajstić information content (AvgIpc) is 3.40. The molecule has 0 spiro atoms. The van der Waals surface area contributed by atoms with Gasteiger partial charge in [-0.25, -0.2) is 0 Å². The molecule has 74 heavy (non-hydrogen) atoms. The number of unbranched alkanes of at least 4 members (excludes halogenated alkanes) is 33. The number of amides is 1. The van der Waals surface area contributed by atoms with Gasteiger partial charge in [0.1, 0.15) is 24.4 Å². The molecule has 0 aromatic carbocycles. The highest BCUT2D eigenvalue weighted by Gasteiger charge is 2.44. The first-order valence-electron chi connectivity index (χ1n) is 30.9. The van der Waals surface area contributed by atoms with Crippen molar-refractivity contribution < 1.29 is 49.3 Å². The number of esters is 1. The molecule has 1 aliphatic rings. The van der Waals surface area contributed by atoms with Crippen LogP contribution in [0.15, 0.2) is 48.6 Å². The van der Waals surface area contributed by atoms with Gasteiger partial charge in [0, 0.05) is 12.8 Å². The fourth-order valence-corrected chi connectivity index (χ4v) is 9.47. The maximum absolute atomic E-state index is 13.0. The predicted octanol–water partition coefficient (Wildman–Crippen LogP) is 14.5. The van der Waals surface area contributed by atoms with Gasteiger partial charge < -0.3 is 45.1 Å². The van der Waals surface area contributed by atoms with Crippen molar-refractivity contribution in [2.75, 3.05) is 19.8 Å². The largest absolute Gasteiger partial charge is 0.466 e. The monoisotopic (exact) mass is 1050 g/mol. The third kappa shape index (κ3) is 41.7. The molecule has 0 radical (unpaired) electrons. The molecule has 7 unspecified atom stereocenters. The number of ether oxygens (including phenoxy) is 3. The van der Waals surface area contributed by atoms with E-state index in [1.165, 1.54) is 161 Å². The van der Waals surface area contributed by atoms with Crippen LogP contribution in [0.1, 0.15) is 277 Å². The number of hydrogen-bond donors (Lipinski definition) is 6. The van der Waals surface area contributed by atoms with E-state index in [1.54, 1.807) is 6.08 Å². The summed E-state index contributed by atoms with van der Waals surface area (Å²) in [7, 11) is 0. The molecule has 1 aliphatic heterocycles. The van der Waals surface area contributed by atoms with Crippen LogP contribution in [0.3, 0.4) is 0 Å². The third-order valence-corrected chi connectivity index (χ3v) is 14.4. The molecule has 0 saturated carbocycles. The maximum Gasteiger partial charge on any atom is 0.305 e. The van der Waals surface area contributed by atoms with Gasteiger partial charge in [-0.05, 0) is 77.0 Å². The molecule has 1 saturated heterocycles. The molecule has 1 heterocycles. The van der Waals surface area contributed by atoms with Gasteiger partial charge in [-0.15, -0.1) is 0 Å². The van der Waals surface area contributed by atoms with Crippen LogP contribution in [0.5, 0.6) is 0 Å². The fourth-order valence-electron chi connectivity index (χ4n) is 9.47. The lowest BCUT2D eigenvalue weighted by molar-refractivity contribution is -0.302. The van der Waals surface area contributed by atoms with Crippen molar-refractivity contribution in [3.05, 3.63) is 48.6 Å². The summed E-state index contributed by atoms with van der Waals surface area (Å²) >= 11 is 0. The maximum atomic E-state index is 13.0. The van der Waals surface area contributed by atoms with E-state index in [1.807, 2.05) is 6.08 Å². The van der Waals surface area contributed by atoms with Gasteiger partial charge in [0.05, 0.1) is 32.0 Å². The second kappa shape index (κ2) is 52.7. The lowest BCUT2D eigenvalue weighted by Crippen LogP contribution is -2.60.